The first kappa shape index (κ1) is 26.0. The molecule has 218 valence electrons. The van der Waals surface area contributed by atoms with Gasteiger partial charge in [0.25, 0.3) is 0 Å². The number of furan rings is 1. The van der Waals surface area contributed by atoms with Crippen LogP contribution in [0.3, 0.4) is 0 Å². The Hall–Kier alpha value is -6.32. The van der Waals surface area contributed by atoms with Gasteiger partial charge in [0.05, 0.1) is 22.9 Å². The van der Waals surface area contributed by atoms with Crippen LogP contribution in [0.25, 0.3) is 98.8 Å². The third kappa shape index (κ3) is 4.14. The Morgan fingerprint density at radius 2 is 0.915 bits per heavy atom. The number of benzene rings is 8. The van der Waals surface area contributed by atoms with E-state index in [-0.39, 0.29) is 0 Å². The van der Waals surface area contributed by atoms with Crippen LogP contribution in [0.2, 0.25) is 0 Å². The molecule has 0 atom stereocenters. The lowest BCUT2D eigenvalue weighted by Gasteiger charge is -2.11. The number of nitrogens with zero attached hydrogens (tertiary/aromatic N) is 2. The van der Waals surface area contributed by atoms with E-state index in [0.29, 0.717) is 0 Å². The van der Waals surface area contributed by atoms with Gasteiger partial charge in [-0.25, -0.2) is 4.98 Å². The zero-order chi connectivity index (χ0) is 30.9. The van der Waals surface area contributed by atoms with Crippen molar-refractivity contribution in [3.8, 4) is 33.5 Å². The van der Waals surface area contributed by atoms with E-state index >= 15 is 0 Å². The quantitative estimate of drug-likeness (QED) is 0.190. The monoisotopic (exact) mass is 598 g/mol. The molecule has 0 saturated carbocycles. The summed E-state index contributed by atoms with van der Waals surface area (Å²) in [6, 6.07) is 53.6. The summed E-state index contributed by atoms with van der Waals surface area (Å²) in [6.45, 7) is 0. The van der Waals surface area contributed by atoms with Crippen LogP contribution in [0, 0.1) is 0 Å². The topological polar surface area (TPSA) is 38.9 Å². The van der Waals surface area contributed by atoms with Crippen LogP contribution in [0.15, 0.2) is 162 Å². The van der Waals surface area contributed by atoms with Crippen LogP contribution in [-0.2, 0) is 0 Å². The highest BCUT2D eigenvalue weighted by molar-refractivity contribution is 6.23. The summed E-state index contributed by atoms with van der Waals surface area (Å²) >= 11 is 0. The molecule has 47 heavy (non-hydrogen) atoms. The van der Waals surface area contributed by atoms with Crippen LogP contribution in [-0.4, -0.2) is 9.97 Å². The van der Waals surface area contributed by atoms with Gasteiger partial charge in [0.2, 0.25) is 0 Å². The van der Waals surface area contributed by atoms with Crippen LogP contribution < -0.4 is 0 Å². The summed E-state index contributed by atoms with van der Waals surface area (Å²) in [5.41, 5.74) is 10.1. The van der Waals surface area contributed by atoms with E-state index in [1.165, 1.54) is 21.5 Å². The number of rotatable bonds is 3. The molecule has 8 aromatic carbocycles. The Bertz CT molecular complexity index is 2830. The fourth-order valence-electron chi connectivity index (χ4n) is 7.14. The van der Waals surface area contributed by atoms with Crippen molar-refractivity contribution in [1.82, 2.24) is 9.97 Å². The fraction of sp³-hybridized carbons (Fsp3) is 0. The van der Waals surface area contributed by atoms with Gasteiger partial charge in [-0.3, -0.25) is 4.98 Å². The molecule has 0 aliphatic carbocycles. The minimum absolute atomic E-state index is 0.860. The van der Waals surface area contributed by atoms with Crippen molar-refractivity contribution >= 4 is 65.3 Å². The molecule has 10 rings (SSSR count). The maximum absolute atomic E-state index is 6.37. The van der Waals surface area contributed by atoms with E-state index < -0.39 is 0 Å². The second-order valence-corrected chi connectivity index (χ2v) is 12.2. The van der Waals surface area contributed by atoms with E-state index in [4.69, 9.17) is 14.4 Å². The van der Waals surface area contributed by atoms with E-state index in [1.807, 2.05) is 6.20 Å². The molecule has 3 nitrogen and oxygen atoms in total. The van der Waals surface area contributed by atoms with Gasteiger partial charge in [-0.05, 0) is 80.2 Å². The Kier molecular flexibility index (Phi) is 5.57. The normalized spacial score (nSPS) is 11.8. The molecular weight excluding hydrogens is 572 g/mol. The Morgan fingerprint density at radius 3 is 1.64 bits per heavy atom. The highest BCUT2D eigenvalue weighted by Gasteiger charge is 2.14. The molecule has 0 aliphatic heterocycles. The van der Waals surface area contributed by atoms with Gasteiger partial charge < -0.3 is 4.42 Å². The van der Waals surface area contributed by atoms with Gasteiger partial charge in [0.15, 0.2) is 0 Å². The molecule has 0 amide bonds. The van der Waals surface area contributed by atoms with Crippen LogP contribution in [0.5, 0.6) is 0 Å². The molecule has 3 heteroatoms. The summed E-state index contributed by atoms with van der Waals surface area (Å²) in [4.78, 5) is 10.2. The molecule has 0 N–H and O–H groups in total. The van der Waals surface area contributed by atoms with Crippen molar-refractivity contribution in [3.63, 3.8) is 0 Å². The zero-order valence-electron chi connectivity index (χ0n) is 25.3. The molecule has 0 fully saturated rings. The molecule has 0 unspecified atom stereocenters. The minimum atomic E-state index is 0.860. The maximum atomic E-state index is 6.37. The van der Waals surface area contributed by atoms with Crippen molar-refractivity contribution in [2.75, 3.05) is 0 Å². The molecule has 0 bridgehead atoms. The summed E-state index contributed by atoms with van der Waals surface area (Å²) in [5, 5.41) is 9.33. The first-order valence-electron chi connectivity index (χ1n) is 15.9. The molecule has 0 aliphatic rings. The lowest BCUT2D eigenvalue weighted by Crippen LogP contribution is -1.92. The average Bonchev–Trinajstić information content (AvgIpc) is 3.50. The molecule has 0 saturated heterocycles. The average molecular weight is 599 g/mol. The largest absolute Gasteiger partial charge is 0.456 e. The van der Waals surface area contributed by atoms with Crippen molar-refractivity contribution in [2.24, 2.45) is 0 Å². The van der Waals surface area contributed by atoms with Gasteiger partial charge in [-0.15, -0.1) is 0 Å². The van der Waals surface area contributed by atoms with Crippen LogP contribution in [0.4, 0.5) is 0 Å². The second kappa shape index (κ2) is 10.1. The van der Waals surface area contributed by atoms with Crippen LogP contribution >= 0.6 is 0 Å². The predicted molar refractivity (Wildman–Crippen MR) is 196 cm³/mol. The highest BCUT2D eigenvalue weighted by Crippen LogP contribution is 2.37. The number of hydrogen-bond acceptors (Lipinski definition) is 3. The number of aromatic nitrogens is 2. The third-order valence-corrected chi connectivity index (χ3v) is 9.45. The second-order valence-electron chi connectivity index (χ2n) is 12.2. The van der Waals surface area contributed by atoms with Crippen LogP contribution in [0.1, 0.15) is 0 Å². The van der Waals surface area contributed by atoms with Gasteiger partial charge in [-0.1, -0.05) is 115 Å². The number of hydrogen-bond donors (Lipinski definition) is 0. The SMILES string of the molecule is c1cc(-c2cccc(-c3cnc4c5ccccc5c5ccccc5c4n3)c2)cc(-c2ccc3c(c2)oc2cc4ccccc4cc23)c1. The summed E-state index contributed by atoms with van der Waals surface area (Å²) in [6.07, 6.45) is 1.91. The van der Waals surface area contributed by atoms with Gasteiger partial charge in [0.1, 0.15) is 11.2 Å². The molecule has 2 heterocycles. The van der Waals surface area contributed by atoms with E-state index in [2.05, 4.69) is 152 Å². The zero-order valence-corrected chi connectivity index (χ0v) is 25.3. The summed E-state index contributed by atoms with van der Waals surface area (Å²) < 4.78 is 6.37. The molecule has 0 radical (unpaired) electrons. The molecule has 10 aromatic rings. The van der Waals surface area contributed by atoms with Crippen molar-refractivity contribution in [2.45, 2.75) is 0 Å². The Balaban J connectivity index is 1.05. The van der Waals surface area contributed by atoms with Crippen molar-refractivity contribution in [3.05, 3.63) is 158 Å². The first-order chi connectivity index (χ1) is 23.3. The maximum Gasteiger partial charge on any atom is 0.136 e. The minimum Gasteiger partial charge on any atom is -0.456 e. The summed E-state index contributed by atoms with van der Waals surface area (Å²) in [7, 11) is 0. The predicted octanol–water partition coefficient (Wildman–Crippen LogP) is 12.0. The van der Waals surface area contributed by atoms with Gasteiger partial charge >= 0.3 is 0 Å². The number of fused-ring (bicyclic) bond motifs is 10. The molecule has 2 aromatic heterocycles. The van der Waals surface area contributed by atoms with E-state index in [1.54, 1.807) is 0 Å². The van der Waals surface area contributed by atoms with E-state index in [9.17, 15) is 0 Å². The highest BCUT2D eigenvalue weighted by atomic mass is 16.3. The van der Waals surface area contributed by atoms with E-state index in [0.717, 1.165) is 77.3 Å². The summed E-state index contributed by atoms with van der Waals surface area (Å²) in [5.74, 6) is 0. The van der Waals surface area contributed by atoms with Gasteiger partial charge in [0, 0.05) is 27.1 Å². The van der Waals surface area contributed by atoms with Crippen molar-refractivity contribution < 1.29 is 4.42 Å². The van der Waals surface area contributed by atoms with Gasteiger partial charge in [-0.2, -0.15) is 0 Å². The molecule has 0 spiro atoms. The molecular formula is C44H26N2O. The lowest BCUT2D eigenvalue weighted by molar-refractivity contribution is 0.669. The first-order valence-corrected chi connectivity index (χ1v) is 15.9. The third-order valence-electron chi connectivity index (χ3n) is 9.45. The smallest absolute Gasteiger partial charge is 0.136 e. The Labute approximate surface area is 270 Å². The Morgan fingerprint density at radius 1 is 0.362 bits per heavy atom. The van der Waals surface area contributed by atoms with Crippen molar-refractivity contribution in [1.29, 1.82) is 0 Å². The standard InChI is InChI=1S/C44H26N2O/c1-2-10-31-24-42-39(23-30(31)9-1)36-20-19-32(25-41(36)47-42)28-12-7-11-27(21-28)29-13-8-14-33(22-29)40-26-45-43-37-17-5-3-15-34(37)35-16-4-6-18-38(35)44(43)46-40/h1-26H. The lowest BCUT2D eigenvalue weighted by atomic mass is 9.96. The fourth-order valence-corrected chi connectivity index (χ4v) is 7.14.